The Hall–Kier alpha value is -2.24. The summed E-state index contributed by atoms with van der Waals surface area (Å²) < 4.78 is 22.1. The Kier molecular flexibility index (Phi) is 21.9. The van der Waals surface area contributed by atoms with E-state index in [1.165, 1.54) is 7.11 Å². The molecule has 0 unspecified atom stereocenters. The van der Waals surface area contributed by atoms with Crippen molar-refractivity contribution in [1.29, 1.82) is 0 Å². The van der Waals surface area contributed by atoms with Crippen LogP contribution in [0.1, 0.15) is 224 Å². The molecular formula is C51H95N3O8. The second kappa shape index (κ2) is 24.3. The minimum atomic E-state index is -0.131. The number of esters is 4. The predicted octanol–water partition coefficient (Wildman–Crippen LogP) is 11.0. The topological polar surface area (TPSA) is 115 Å². The summed E-state index contributed by atoms with van der Waals surface area (Å²) in [4.78, 5) is 55.2. The van der Waals surface area contributed by atoms with Crippen LogP contribution in [0.4, 0.5) is 0 Å². The van der Waals surface area contributed by atoms with E-state index in [9.17, 15) is 19.2 Å². The maximum atomic E-state index is 12.4. The van der Waals surface area contributed by atoms with Crippen molar-refractivity contribution in [2.45, 2.75) is 276 Å². The van der Waals surface area contributed by atoms with Crippen molar-refractivity contribution in [1.82, 2.24) is 14.7 Å². The van der Waals surface area contributed by atoms with Crippen LogP contribution in [-0.2, 0) is 38.1 Å². The molecule has 0 bridgehead atoms. The van der Waals surface area contributed by atoms with Crippen LogP contribution in [0.25, 0.3) is 0 Å². The molecule has 3 saturated heterocycles. The zero-order valence-corrected chi connectivity index (χ0v) is 42.9. The Labute approximate surface area is 379 Å². The lowest BCUT2D eigenvalue weighted by Crippen LogP contribution is -2.60. The van der Waals surface area contributed by atoms with Gasteiger partial charge in [-0.25, -0.2) is 0 Å². The first-order chi connectivity index (χ1) is 28.5. The maximum Gasteiger partial charge on any atom is 0.306 e. The number of unbranched alkanes of at least 4 members (excludes halogenated alkanes) is 10. The molecule has 0 amide bonds. The van der Waals surface area contributed by atoms with Gasteiger partial charge >= 0.3 is 23.9 Å². The predicted molar refractivity (Wildman–Crippen MR) is 251 cm³/mol. The van der Waals surface area contributed by atoms with Gasteiger partial charge in [-0.1, -0.05) is 51.4 Å². The van der Waals surface area contributed by atoms with E-state index >= 15 is 0 Å². The number of carbonyl (C=O) groups is 4. The molecule has 0 aromatic heterocycles. The number of carbonyl (C=O) groups excluding carboxylic acids is 4. The van der Waals surface area contributed by atoms with E-state index < -0.39 is 0 Å². The fraction of sp³-hybridized carbons (Fsp3) is 0.922. The number of hydrogen-bond acceptors (Lipinski definition) is 11. The van der Waals surface area contributed by atoms with Crippen molar-refractivity contribution in [3.63, 3.8) is 0 Å². The first-order valence-corrected chi connectivity index (χ1v) is 24.4. The number of methoxy groups -OCH3 is 1. The quantitative estimate of drug-likeness (QED) is 0.0623. The maximum absolute atomic E-state index is 12.4. The zero-order chi connectivity index (χ0) is 47.2. The summed E-state index contributed by atoms with van der Waals surface area (Å²) in [6, 6.07) is 0. The van der Waals surface area contributed by atoms with Gasteiger partial charge in [-0.2, -0.15) is 0 Å². The van der Waals surface area contributed by atoms with Crippen LogP contribution < -0.4 is 0 Å². The van der Waals surface area contributed by atoms with E-state index in [1.54, 1.807) is 0 Å². The lowest BCUT2D eigenvalue weighted by Gasteiger charge is -2.53. The molecule has 62 heavy (non-hydrogen) atoms. The first-order valence-electron chi connectivity index (χ1n) is 24.4. The molecular weight excluding hydrogens is 783 g/mol. The minimum Gasteiger partial charge on any atom is -0.469 e. The summed E-state index contributed by atoms with van der Waals surface area (Å²) in [5, 5.41) is 0. The van der Waals surface area contributed by atoms with E-state index in [0.717, 1.165) is 116 Å². The van der Waals surface area contributed by atoms with Crippen molar-refractivity contribution in [3.8, 4) is 0 Å². The van der Waals surface area contributed by atoms with Gasteiger partial charge in [0, 0.05) is 97.4 Å². The highest BCUT2D eigenvalue weighted by Gasteiger charge is 2.46. The summed E-state index contributed by atoms with van der Waals surface area (Å²) in [5.41, 5.74) is 0.186. The number of piperidine rings is 3. The lowest BCUT2D eigenvalue weighted by atomic mass is 9.78. The highest BCUT2D eigenvalue weighted by molar-refractivity contribution is 5.70. The van der Waals surface area contributed by atoms with Gasteiger partial charge in [-0.3, -0.25) is 33.9 Å². The van der Waals surface area contributed by atoms with Crippen LogP contribution in [0.15, 0.2) is 0 Å². The third-order valence-electron chi connectivity index (χ3n) is 15.0. The van der Waals surface area contributed by atoms with E-state index in [1.807, 2.05) is 0 Å². The standard InChI is InChI=1S/C30H56N2O4.C21H39NO4/c1-27(2)19-23(20-28(3,4)31(27)9)35-25(33)17-15-13-11-12-14-16-18-26(34)36-24-21-29(5,6)32(10)30(7,8)22-24;1-20(2)15-17(16-21(3,4)22(20)5)26-19(24)14-12-10-8-7-9-11-13-18(23)25-6/h23-24H,11-22H2,1-10H3;17H,7-16H2,1-6H3. The van der Waals surface area contributed by atoms with Crippen LogP contribution in [-0.4, -0.2) is 118 Å². The van der Waals surface area contributed by atoms with Gasteiger partial charge in [0.15, 0.2) is 0 Å². The highest BCUT2D eigenvalue weighted by atomic mass is 16.6. The van der Waals surface area contributed by atoms with Crippen LogP contribution in [0, 0.1) is 0 Å². The van der Waals surface area contributed by atoms with Gasteiger partial charge < -0.3 is 18.9 Å². The largest absolute Gasteiger partial charge is 0.469 e. The molecule has 0 spiro atoms. The van der Waals surface area contributed by atoms with E-state index in [4.69, 9.17) is 14.2 Å². The highest BCUT2D eigenvalue weighted by Crippen LogP contribution is 2.40. The summed E-state index contributed by atoms with van der Waals surface area (Å²) in [7, 11) is 7.91. The van der Waals surface area contributed by atoms with Gasteiger partial charge in [-0.15, -0.1) is 0 Å². The monoisotopic (exact) mass is 878 g/mol. The van der Waals surface area contributed by atoms with Gasteiger partial charge in [0.2, 0.25) is 0 Å². The summed E-state index contributed by atoms with van der Waals surface area (Å²) in [5.74, 6) is -0.303. The molecule has 11 heteroatoms. The van der Waals surface area contributed by atoms with Crippen molar-refractivity contribution < 1.29 is 38.1 Å². The van der Waals surface area contributed by atoms with Crippen molar-refractivity contribution in [3.05, 3.63) is 0 Å². The molecule has 0 aromatic carbocycles. The molecule has 3 heterocycles. The van der Waals surface area contributed by atoms with Gasteiger partial charge in [0.1, 0.15) is 18.3 Å². The Morgan fingerprint density at radius 1 is 0.355 bits per heavy atom. The molecule has 3 fully saturated rings. The molecule has 0 aliphatic carbocycles. The Balaban J connectivity index is 0.000000451. The summed E-state index contributed by atoms with van der Waals surface area (Å²) >= 11 is 0. The molecule has 11 nitrogen and oxygen atoms in total. The molecule has 0 atom stereocenters. The molecule has 362 valence electrons. The fourth-order valence-corrected chi connectivity index (χ4v) is 10.4. The smallest absolute Gasteiger partial charge is 0.306 e. The Morgan fingerprint density at radius 3 is 0.726 bits per heavy atom. The fourth-order valence-electron chi connectivity index (χ4n) is 10.4. The second-order valence-corrected chi connectivity index (χ2v) is 22.9. The molecule has 3 aliphatic rings. The molecule has 0 radical (unpaired) electrons. The van der Waals surface area contributed by atoms with Crippen molar-refractivity contribution in [2.75, 3.05) is 28.3 Å². The van der Waals surface area contributed by atoms with Crippen molar-refractivity contribution in [2.24, 2.45) is 0 Å². The van der Waals surface area contributed by atoms with E-state index in [2.05, 4.69) is 124 Å². The number of hydrogen-bond donors (Lipinski definition) is 0. The lowest BCUT2D eigenvalue weighted by molar-refractivity contribution is -0.160. The Morgan fingerprint density at radius 2 is 0.532 bits per heavy atom. The van der Waals surface area contributed by atoms with E-state index in [-0.39, 0.29) is 75.4 Å². The third-order valence-corrected chi connectivity index (χ3v) is 15.0. The molecule has 0 saturated carbocycles. The first kappa shape index (κ1) is 55.9. The van der Waals surface area contributed by atoms with Crippen LogP contribution in [0.5, 0.6) is 0 Å². The van der Waals surface area contributed by atoms with Crippen molar-refractivity contribution >= 4 is 23.9 Å². The molecule has 3 aliphatic heterocycles. The summed E-state index contributed by atoms with van der Waals surface area (Å²) in [6.07, 6.45) is 19.4. The zero-order valence-electron chi connectivity index (χ0n) is 42.9. The number of nitrogens with zero attached hydrogens (tertiary/aromatic N) is 3. The molecule has 3 rings (SSSR count). The minimum absolute atomic E-state index is 0.00474. The third kappa shape index (κ3) is 18.7. The molecule has 0 aromatic rings. The average molecular weight is 878 g/mol. The average Bonchev–Trinajstić information content (AvgIpc) is 3.13. The van der Waals surface area contributed by atoms with Gasteiger partial charge in [-0.05, 0) is 130 Å². The van der Waals surface area contributed by atoms with Crippen LogP contribution in [0.2, 0.25) is 0 Å². The van der Waals surface area contributed by atoms with Gasteiger partial charge in [0.05, 0.1) is 7.11 Å². The SMILES string of the molecule is CN1C(C)(C)CC(OC(=O)CCCCCCCCC(=O)OC2CC(C)(C)N(C)C(C)(C)C2)CC1(C)C.COC(=O)CCCCCCCCC(=O)OC1CC(C)(C)N(C)C(C)(C)C1. The van der Waals surface area contributed by atoms with Crippen LogP contribution in [0.3, 0.4) is 0 Å². The number of likely N-dealkylation sites (tertiary alicyclic amines) is 3. The molecule has 0 N–H and O–H groups in total. The number of rotatable bonds is 21. The normalized spacial score (nSPS) is 22.5. The summed E-state index contributed by atoms with van der Waals surface area (Å²) in [6.45, 7) is 26.7. The number of ether oxygens (including phenoxy) is 4. The van der Waals surface area contributed by atoms with Crippen LogP contribution >= 0.6 is 0 Å². The van der Waals surface area contributed by atoms with Gasteiger partial charge in [0.25, 0.3) is 0 Å². The Bertz CT molecular complexity index is 1290. The second-order valence-electron chi connectivity index (χ2n) is 22.9. The van der Waals surface area contributed by atoms with E-state index in [0.29, 0.717) is 25.7 Å².